The van der Waals surface area contributed by atoms with E-state index in [0.717, 1.165) is 49.1 Å². The second-order valence-electron chi connectivity index (χ2n) is 8.55. The fraction of sp³-hybridized carbons (Fsp3) is 0.682. The fourth-order valence-corrected chi connectivity index (χ4v) is 6.55. The average Bonchev–Trinajstić information content (AvgIpc) is 3.31. The van der Waals surface area contributed by atoms with Crippen LogP contribution in [-0.4, -0.2) is 32.5 Å². The van der Waals surface area contributed by atoms with Crippen molar-refractivity contribution in [3.05, 3.63) is 15.8 Å². The van der Waals surface area contributed by atoms with Gasteiger partial charge in [-0.15, -0.1) is 21.5 Å². The lowest BCUT2D eigenvalue weighted by Crippen LogP contribution is -2.37. The molecule has 0 aliphatic heterocycles. The first kappa shape index (κ1) is 20.9. The Kier molecular flexibility index (Phi) is 6.96. The number of thioether (sulfide) groups is 1. The number of rotatable bonds is 7. The highest BCUT2D eigenvalue weighted by atomic mass is 32.2. The number of carbonyl (C=O) groups is 1. The van der Waals surface area contributed by atoms with Crippen molar-refractivity contribution in [1.82, 2.24) is 20.1 Å². The first-order valence-electron chi connectivity index (χ1n) is 11.1. The Hall–Kier alpha value is -1.34. The average molecular weight is 433 g/mol. The van der Waals surface area contributed by atoms with Crippen molar-refractivity contribution in [1.29, 1.82) is 0 Å². The quantitative estimate of drug-likeness (QED) is 0.620. The van der Waals surface area contributed by atoms with Gasteiger partial charge in [0.25, 0.3) is 0 Å². The lowest BCUT2D eigenvalue weighted by Gasteiger charge is -2.22. The molecule has 1 fully saturated rings. The van der Waals surface area contributed by atoms with Crippen molar-refractivity contribution in [2.45, 2.75) is 89.4 Å². The van der Waals surface area contributed by atoms with Crippen molar-refractivity contribution in [2.24, 2.45) is 5.92 Å². The standard InChI is InChI=1S/C22H32N4OS2/c1-3-11-26-21(18-13-28-19-12-15(2)9-10-17(18)19)24-25-22(26)29-14-20(27)23-16-7-5-4-6-8-16/h13,15-16H,3-12,14H2,1-2H3,(H,23,27). The molecule has 5 nitrogen and oxygen atoms in total. The number of carbonyl (C=O) groups excluding carboxylic acids is 1. The normalized spacial score (nSPS) is 19.9. The molecule has 2 aromatic heterocycles. The van der Waals surface area contributed by atoms with Gasteiger partial charge in [0, 0.05) is 28.4 Å². The number of amides is 1. The van der Waals surface area contributed by atoms with E-state index in [9.17, 15) is 4.79 Å². The molecular weight excluding hydrogens is 400 g/mol. The van der Waals surface area contributed by atoms with Crippen molar-refractivity contribution in [3.63, 3.8) is 0 Å². The maximum atomic E-state index is 12.4. The zero-order chi connectivity index (χ0) is 20.2. The maximum Gasteiger partial charge on any atom is 0.230 e. The molecule has 4 rings (SSSR count). The summed E-state index contributed by atoms with van der Waals surface area (Å²) in [5.74, 6) is 2.29. The van der Waals surface area contributed by atoms with Crippen LogP contribution in [0.2, 0.25) is 0 Å². The Balaban J connectivity index is 1.46. The van der Waals surface area contributed by atoms with Crippen LogP contribution in [0.1, 0.15) is 69.2 Å². The Morgan fingerprint density at radius 1 is 1.28 bits per heavy atom. The van der Waals surface area contributed by atoms with Crippen LogP contribution in [0.3, 0.4) is 0 Å². The third kappa shape index (κ3) is 4.88. The molecular formula is C22H32N4OS2. The highest BCUT2D eigenvalue weighted by Crippen LogP contribution is 2.38. The monoisotopic (exact) mass is 432 g/mol. The number of aromatic nitrogens is 3. The number of thiophene rings is 1. The predicted molar refractivity (Wildman–Crippen MR) is 121 cm³/mol. The maximum absolute atomic E-state index is 12.4. The zero-order valence-electron chi connectivity index (χ0n) is 17.6. The molecule has 158 valence electrons. The summed E-state index contributed by atoms with van der Waals surface area (Å²) < 4.78 is 2.22. The number of hydrogen-bond acceptors (Lipinski definition) is 5. The lowest BCUT2D eigenvalue weighted by molar-refractivity contribution is -0.119. The van der Waals surface area contributed by atoms with Gasteiger partial charge in [-0.1, -0.05) is 44.9 Å². The summed E-state index contributed by atoms with van der Waals surface area (Å²) in [5, 5.41) is 15.4. The van der Waals surface area contributed by atoms with Crippen molar-refractivity contribution in [2.75, 3.05) is 5.75 Å². The summed E-state index contributed by atoms with van der Waals surface area (Å²) >= 11 is 3.39. The van der Waals surface area contributed by atoms with Gasteiger partial charge in [-0.25, -0.2) is 0 Å². The molecule has 1 amide bonds. The first-order valence-corrected chi connectivity index (χ1v) is 13.0. The summed E-state index contributed by atoms with van der Waals surface area (Å²) in [4.78, 5) is 13.9. The minimum absolute atomic E-state index is 0.122. The largest absolute Gasteiger partial charge is 0.353 e. The SMILES string of the molecule is CCCn1c(SCC(=O)NC2CCCCC2)nnc1-c1csc2c1CCC(C)C2. The topological polar surface area (TPSA) is 59.8 Å². The highest BCUT2D eigenvalue weighted by Gasteiger charge is 2.24. The van der Waals surface area contributed by atoms with E-state index in [1.807, 2.05) is 11.3 Å². The third-order valence-electron chi connectivity index (χ3n) is 6.11. The van der Waals surface area contributed by atoms with Crippen molar-refractivity contribution in [3.8, 4) is 11.4 Å². The summed E-state index contributed by atoms with van der Waals surface area (Å²) in [6, 6.07) is 0.362. The molecule has 1 unspecified atom stereocenters. The third-order valence-corrected chi connectivity index (χ3v) is 8.13. The minimum Gasteiger partial charge on any atom is -0.353 e. The van der Waals surface area contributed by atoms with Crippen LogP contribution in [0.25, 0.3) is 11.4 Å². The van der Waals surface area contributed by atoms with E-state index in [1.54, 1.807) is 0 Å². The van der Waals surface area contributed by atoms with Crippen LogP contribution in [0.5, 0.6) is 0 Å². The highest BCUT2D eigenvalue weighted by molar-refractivity contribution is 7.99. The van der Waals surface area contributed by atoms with Gasteiger partial charge in [0.2, 0.25) is 5.91 Å². The summed E-state index contributed by atoms with van der Waals surface area (Å²) in [6.07, 6.45) is 10.6. The van der Waals surface area contributed by atoms with Gasteiger partial charge in [-0.3, -0.25) is 4.79 Å². The smallest absolute Gasteiger partial charge is 0.230 e. The number of fused-ring (bicyclic) bond motifs is 1. The Bertz CT molecular complexity index is 838. The van der Waals surface area contributed by atoms with Gasteiger partial charge >= 0.3 is 0 Å². The van der Waals surface area contributed by atoms with Gasteiger partial charge in [0.05, 0.1) is 5.75 Å². The Labute approximate surface area is 182 Å². The lowest BCUT2D eigenvalue weighted by atomic mass is 9.88. The van der Waals surface area contributed by atoms with Gasteiger partial charge < -0.3 is 9.88 Å². The molecule has 29 heavy (non-hydrogen) atoms. The number of nitrogens with zero attached hydrogens (tertiary/aromatic N) is 3. The molecule has 1 N–H and O–H groups in total. The minimum atomic E-state index is 0.122. The first-order chi connectivity index (χ1) is 14.2. The van der Waals surface area contributed by atoms with Gasteiger partial charge in [-0.05, 0) is 50.0 Å². The van der Waals surface area contributed by atoms with Crippen LogP contribution < -0.4 is 5.32 Å². The number of hydrogen-bond donors (Lipinski definition) is 1. The van der Waals surface area contributed by atoms with E-state index < -0.39 is 0 Å². The van der Waals surface area contributed by atoms with Gasteiger partial charge in [0.1, 0.15) is 0 Å². The molecule has 0 aromatic carbocycles. The summed E-state index contributed by atoms with van der Waals surface area (Å²) in [5.41, 5.74) is 2.74. The van der Waals surface area contributed by atoms with E-state index in [4.69, 9.17) is 0 Å². The van der Waals surface area contributed by atoms with E-state index in [-0.39, 0.29) is 5.91 Å². The zero-order valence-corrected chi connectivity index (χ0v) is 19.2. The Morgan fingerprint density at radius 2 is 2.10 bits per heavy atom. The molecule has 2 aliphatic carbocycles. The molecule has 2 aromatic rings. The summed E-state index contributed by atoms with van der Waals surface area (Å²) in [6.45, 7) is 5.41. The predicted octanol–water partition coefficient (Wildman–Crippen LogP) is 5.08. The van der Waals surface area contributed by atoms with Crippen LogP contribution in [0, 0.1) is 5.92 Å². The Morgan fingerprint density at radius 3 is 2.90 bits per heavy atom. The van der Waals surface area contributed by atoms with E-state index in [1.165, 1.54) is 59.9 Å². The van der Waals surface area contributed by atoms with E-state index in [0.29, 0.717) is 11.8 Å². The van der Waals surface area contributed by atoms with Crippen LogP contribution in [0.4, 0.5) is 0 Å². The molecule has 7 heteroatoms. The molecule has 0 bridgehead atoms. The molecule has 0 radical (unpaired) electrons. The molecule has 1 atom stereocenters. The van der Waals surface area contributed by atoms with Gasteiger partial charge in [0.15, 0.2) is 11.0 Å². The van der Waals surface area contributed by atoms with Crippen molar-refractivity contribution < 1.29 is 4.79 Å². The fourth-order valence-electron chi connectivity index (χ4n) is 4.53. The number of nitrogens with one attached hydrogen (secondary N) is 1. The van der Waals surface area contributed by atoms with E-state index in [2.05, 4.69) is 39.3 Å². The van der Waals surface area contributed by atoms with Crippen LogP contribution in [-0.2, 0) is 24.2 Å². The molecule has 0 saturated heterocycles. The van der Waals surface area contributed by atoms with Gasteiger partial charge in [-0.2, -0.15) is 0 Å². The second-order valence-corrected chi connectivity index (χ2v) is 10.5. The molecule has 1 saturated carbocycles. The second kappa shape index (κ2) is 9.65. The van der Waals surface area contributed by atoms with E-state index >= 15 is 0 Å². The molecule has 0 spiro atoms. The van der Waals surface area contributed by atoms with Crippen LogP contribution in [0.15, 0.2) is 10.5 Å². The molecule has 2 aliphatic rings. The summed E-state index contributed by atoms with van der Waals surface area (Å²) in [7, 11) is 0. The van der Waals surface area contributed by atoms with Crippen LogP contribution >= 0.6 is 23.1 Å². The molecule has 2 heterocycles. The van der Waals surface area contributed by atoms with Crippen molar-refractivity contribution >= 4 is 29.0 Å².